The lowest BCUT2D eigenvalue weighted by molar-refractivity contribution is -0.947. The van der Waals surface area contributed by atoms with Crippen molar-refractivity contribution in [1.82, 2.24) is 0 Å². The first-order chi connectivity index (χ1) is 10.7. The predicted molar refractivity (Wildman–Crippen MR) is 80.3 cm³/mol. The van der Waals surface area contributed by atoms with E-state index < -0.39 is 5.54 Å². The van der Waals surface area contributed by atoms with Crippen molar-refractivity contribution in [3.8, 4) is 0 Å². The number of ether oxygens (including phenoxy) is 1. The minimum absolute atomic E-state index is 0.0439. The number of fused-ring (bicyclic) bond motifs is 4. The summed E-state index contributed by atoms with van der Waals surface area (Å²) in [6.45, 7) is 3.18. The number of benzene rings is 1. The molecule has 116 valence electrons. The molecule has 3 heterocycles. The smallest absolute Gasteiger partial charge is 0.315 e. The summed E-state index contributed by atoms with van der Waals surface area (Å²) in [7, 11) is 0. The van der Waals surface area contributed by atoms with Crippen LogP contribution < -0.4 is 10.2 Å². The van der Waals surface area contributed by atoms with Crippen LogP contribution in [0.2, 0.25) is 0 Å². The zero-order valence-electron chi connectivity index (χ0n) is 12.7. The molecule has 1 aromatic carbocycles. The van der Waals surface area contributed by atoms with Crippen LogP contribution >= 0.6 is 0 Å². The summed E-state index contributed by atoms with van der Waals surface area (Å²) in [4.78, 5) is 26.5. The average molecular weight is 301 g/mol. The quantitative estimate of drug-likeness (QED) is 0.781. The van der Waals surface area contributed by atoms with Crippen molar-refractivity contribution >= 4 is 17.6 Å². The average Bonchev–Trinajstić information content (AvgIpc) is 3.16. The van der Waals surface area contributed by atoms with Crippen LogP contribution in [0.3, 0.4) is 0 Å². The topological polar surface area (TPSA) is 59.8 Å². The first-order valence-corrected chi connectivity index (χ1v) is 8.12. The van der Waals surface area contributed by atoms with E-state index in [4.69, 9.17) is 4.74 Å². The van der Waals surface area contributed by atoms with Crippen LogP contribution in [0.4, 0.5) is 5.69 Å². The molecule has 0 radical (unpaired) electrons. The van der Waals surface area contributed by atoms with Gasteiger partial charge in [0.2, 0.25) is 5.54 Å². The minimum Gasteiger partial charge on any atom is -0.466 e. The maximum atomic E-state index is 12.8. The van der Waals surface area contributed by atoms with E-state index in [2.05, 4.69) is 5.32 Å². The second kappa shape index (κ2) is 4.81. The van der Waals surface area contributed by atoms with Crippen molar-refractivity contribution in [2.24, 2.45) is 5.92 Å². The molecule has 4 rings (SSSR count). The molecule has 5 heteroatoms. The maximum Gasteiger partial charge on any atom is 0.315 e. The Hall–Kier alpha value is -1.88. The van der Waals surface area contributed by atoms with E-state index in [1.54, 1.807) is 0 Å². The summed E-state index contributed by atoms with van der Waals surface area (Å²) in [6.07, 6.45) is 2.62. The highest BCUT2D eigenvalue weighted by atomic mass is 16.5. The van der Waals surface area contributed by atoms with E-state index in [0.717, 1.165) is 30.6 Å². The zero-order chi connectivity index (χ0) is 15.3. The SMILES string of the molecule is CCOC(=O)[C@H]1C[C@@]2(C(=O)Nc3ccccc32)[NH+]2CCC[C@@H]12. The Kier molecular flexibility index (Phi) is 3.01. The molecule has 1 unspecified atom stereocenters. The van der Waals surface area contributed by atoms with Gasteiger partial charge in [0, 0.05) is 24.8 Å². The highest BCUT2D eigenvalue weighted by molar-refractivity contribution is 6.05. The van der Waals surface area contributed by atoms with E-state index in [1.807, 2.05) is 31.2 Å². The number of nitrogens with one attached hydrogen (secondary N) is 2. The highest BCUT2D eigenvalue weighted by Crippen LogP contribution is 2.44. The molecule has 2 saturated heterocycles. The summed E-state index contributed by atoms with van der Waals surface area (Å²) in [5.41, 5.74) is 1.35. The van der Waals surface area contributed by atoms with Gasteiger partial charge in [-0.1, -0.05) is 18.2 Å². The van der Waals surface area contributed by atoms with Gasteiger partial charge >= 0.3 is 5.97 Å². The third-order valence-corrected chi connectivity index (χ3v) is 5.58. The first kappa shape index (κ1) is 13.8. The zero-order valence-corrected chi connectivity index (χ0v) is 12.7. The number of quaternary nitrogens is 1. The van der Waals surface area contributed by atoms with E-state index in [-0.39, 0.29) is 23.8 Å². The molecule has 2 N–H and O–H groups in total. The molecular formula is C17H21N2O3+. The first-order valence-electron chi connectivity index (χ1n) is 8.12. The molecule has 0 saturated carbocycles. The maximum absolute atomic E-state index is 12.8. The summed E-state index contributed by atoms with van der Waals surface area (Å²) in [6, 6.07) is 8.10. The van der Waals surface area contributed by atoms with Crippen LogP contribution in [-0.2, 0) is 19.9 Å². The number of anilines is 1. The molecule has 0 aliphatic carbocycles. The molecule has 0 aromatic heterocycles. The number of carbonyl (C=O) groups is 2. The van der Waals surface area contributed by atoms with Crippen LogP contribution in [0.25, 0.3) is 0 Å². The summed E-state index contributed by atoms with van der Waals surface area (Å²) in [5, 5.41) is 3.02. The number of para-hydroxylation sites is 1. The van der Waals surface area contributed by atoms with Crippen molar-refractivity contribution in [2.45, 2.75) is 37.8 Å². The second-order valence-corrected chi connectivity index (χ2v) is 6.49. The monoisotopic (exact) mass is 301 g/mol. The molecular weight excluding hydrogens is 280 g/mol. The lowest BCUT2D eigenvalue weighted by Crippen LogP contribution is -3.19. The number of esters is 1. The lowest BCUT2D eigenvalue weighted by Gasteiger charge is -2.29. The number of hydrogen-bond donors (Lipinski definition) is 2. The molecule has 22 heavy (non-hydrogen) atoms. The van der Waals surface area contributed by atoms with Crippen molar-refractivity contribution in [1.29, 1.82) is 0 Å². The molecule has 2 fully saturated rings. The second-order valence-electron chi connectivity index (χ2n) is 6.49. The van der Waals surface area contributed by atoms with Gasteiger partial charge in [-0.3, -0.25) is 9.59 Å². The standard InChI is InChI=1S/C17H20N2O3/c1-2-22-15(20)11-10-17(19-9-5-8-14(11)19)12-6-3-4-7-13(12)18-16(17)21/h3-4,6-7,11,14H,2,5,8-10H2,1H3,(H,18,21)/p+1/t11-,14-,17+/m0/s1. The Morgan fingerprint density at radius 3 is 3.09 bits per heavy atom. The van der Waals surface area contributed by atoms with Crippen LogP contribution in [0, 0.1) is 5.92 Å². The van der Waals surface area contributed by atoms with Crippen LogP contribution in [0.15, 0.2) is 24.3 Å². The molecule has 5 nitrogen and oxygen atoms in total. The van der Waals surface area contributed by atoms with Gasteiger partial charge in [0.15, 0.2) is 0 Å². The predicted octanol–water partition coefficient (Wildman–Crippen LogP) is 0.464. The van der Waals surface area contributed by atoms with Crippen molar-refractivity contribution in [3.05, 3.63) is 29.8 Å². The Labute approximate surface area is 129 Å². The van der Waals surface area contributed by atoms with Gasteiger partial charge in [-0.25, -0.2) is 0 Å². The number of hydrogen-bond acceptors (Lipinski definition) is 3. The Balaban J connectivity index is 1.79. The van der Waals surface area contributed by atoms with Gasteiger partial charge in [-0.2, -0.15) is 0 Å². The van der Waals surface area contributed by atoms with Gasteiger partial charge in [0.25, 0.3) is 5.91 Å². The van der Waals surface area contributed by atoms with E-state index >= 15 is 0 Å². The van der Waals surface area contributed by atoms with Gasteiger partial charge in [0.05, 0.1) is 18.8 Å². The van der Waals surface area contributed by atoms with Crippen molar-refractivity contribution < 1.29 is 19.2 Å². The summed E-state index contributed by atoms with van der Waals surface area (Å²) >= 11 is 0. The Morgan fingerprint density at radius 2 is 2.27 bits per heavy atom. The van der Waals surface area contributed by atoms with Crippen LogP contribution in [0.1, 0.15) is 31.7 Å². The molecule has 4 atom stereocenters. The number of carbonyl (C=O) groups excluding carboxylic acids is 2. The fraction of sp³-hybridized carbons (Fsp3) is 0.529. The van der Waals surface area contributed by atoms with Gasteiger partial charge in [-0.05, 0) is 13.0 Å². The Morgan fingerprint density at radius 1 is 1.45 bits per heavy atom. The van der Waals surface area contributed by atoms with E-state index in [0.29, 0.717) is 13.0 Å². The molecule has 1 spiro atoms. The largest absolute Gasteiger partial charge is 0.466 e. The lowest BCUT2D eigenvalue weighted by atomic mass is 9.84. The van der Waals surface area contributed by atoms with E-state index in [9.17, 15) is 9.59 Å². The Bertz CT molecular complexity index is 645. The third kappa shape index (κ3) is 1.63. The van der Waals surface area contributed by atoms with Crippen LogP contribution in [-0.4, -0.2) is 31.1 Å². The molecule has 0 bridgehead atoms. The minimum atomic E-state index is -0.602. The van der Waals surface area contributed by atoms with Gasteiger partial charge in [-0.15, -0.1) is 0 Å². The van der Waals surface area contributed by atoms with Crippen molar-refractivity contribution in [2.75, 3.05) is 18.5 Å². The fourth-order valence-electron chi connectivity index (χ4n) is 4.78. The van der Waals surface area contributed by atoms with Gasteiger partial charge < -0.3 is 15.0 Å². The molecule has 1 amide bonds. The molecule has 3 aliphatic rings. The van der Waals surface area contributed by atoms with Crippen molar-refractivity contribution in [3.63, 3.8) is 0 Å². The normalized spacial score (nSPS) is 35.3. The van der Waals surface area contributed by atoms with Gasteiger partial charge in [0.1, 0.15) is 12.0 Å². The summed E-state index contributed by atoms with van der Waals surface area (Å²) < 4.78 is 5.28. The van der Waals surface area contributed by atoms with E-state index in [1.165, 1.54) is 4.90 Å². The highest BCUT2D eigenvalue weighted by Gasteiger charge is 2.67. The van der Waals surface area contributed by atoms with Crippen LogP contribution in [0.5, 0.6) is 0 Å². The fourth-order valence-corrected chi connectivity index (χ4v) is 4.78. The molecule has 3 aliphatic heterocycles. The number of amides is 1. The molecule has 1 aromatic rings. The summed E-state index contributed by atoms with van der Waals surface area (Å²) in [5.74, 6) is -0.266. The third-order valence-electron chi connectivity index (χ3n) is 5.58. The number of rotatable bonds is 2.